The first kappa shape index (κ1) is 38.7. The first-order chi connectivity index (χ1) is 27.8. The molecule has 0 spiro atoms. The van der Waals surface area contributed by atoms with E-state index in [-0.39, 0.29) is 31.9 Å². The molecule has 1 aliphatic heterocycles. The van der Waals surface area contributed by atoms with Crippen molar-refractivity contribution in [3.63, 3.8) is 0 Å². The number of pyridine rings is 1. The number of ether oxygens (including phenoxy) is 1. The molecule has 0 unspecified atom stereocenters. The Morgan fingerprint density at radius 2 is 1.29 bits per heavy atom. The zero-order valence-electron chi connectivity index (χ0n) is 34.5. The number of aryl methyl sites for hydroxylation is 2. The van der Waals surface area contributed by atoms with Crippen LogP contribution in [0.25, 0.3) is 49.6 Å². The number of rotatable bonds is 5. The van der Waals surface area contributed by atoms with Crippen molar-refractivity contribution in [1.82, 2.24) is 9.55 Å². The van der Waals surface area contributed by atoms with Gasteiger partial charge in [0.1, 0.15) is 11.4 Å². The van der Waals surface area contributed by atoms with Crippen LogP contribution in [0.2, 0.25) is 0 Å². The van der Waals surface area contributed by atoms with E-state index in [0.717, 1.165) is 66.6 Å². The predicted octanol–water partition coefficient (Wildman–Crippen LogP) is 14.1. The van der Waals surface area contributed by atoms with E-state index in [0.29, 0.717) is 11.5 Å². The summed E-state index contributed by atoms with van der Waals surface area (Å²) in [6, 6.07) is 47.5. The fraction of sp³-hybridized carbons (Fsp3) is 0.192. The standard InChI is InChI=1S/C52H45N4O2.Pt/c1-32-25-35(52(6,7)8)26-33(2)50(32)55-31-54(42-18-12-13-19-43(42)55)45-29-37(30-47-49(45)40-16-10-14-20-46(40)58-47)57-36-21-22-39-38-15-9-11-17-41(38)56(44(39)28-36)48-27-34(23-24-53-48)51(3,4)5;/h9-27,30-31H,1-8H3;/q-3;. The molecule has 10 rings (SSSR count). The third kappa shape index (κ3) is 6.49. The summed E-state index contributed by atoms with van der Waals surface area (Å²) in [4.78, 5) is 9.40. The normalized spacial score (nSPS) is 13.2. The van der Waals surface area contributed by atoms with Gasteiger partial charge < -0.3 is 23.5 Å². The van der Waals surface area contributed by atoms with Gasteiger partial charge in [0.05, 0.1) is 0 Å². The molecular weight excluding hydrogens is 908 g/mol. The Bertz CT molecular complexity index is 3070. The van der Waals surface area contributed by atoms with Crippen LogP contribution in [0.3, 0.4) is 0 Å². The second-order valence-electron chi connectivity index (χ2n) is 17.6. The molecule has 0 saturated carbocycles. The van der Waals surface area contributed by atoms with Crippen LogP contribution in [0.1, 0.15) is 63.8 Å². The number of para-hydroxylation sites is 4. The molecule has 7 heteroatoms. The van der Waals surface area contributed by atoms with Gasteiger partial charge in [-0.25, -0.2) is 4.98 Å². The van der Waals surface area contributed by atoms with E-state index in [9.17, 15) is 0 Å². The summed E-state index contributed by atoms with van der Waals surface area (Å²) in [6.07, 6.45) is 1.90. The molecule has 0 aliphatic carbocycles. The van der Waals surface area contributed by atoms with Gasteiger partial charge in [0.25, 0.3) is 0 Å². The summed E-state index contributed by atoms with van der Waals surface area (Å²) in [6.45, 7) is 20.1. The number of furan rings is 1. The molecule has 0 fully saturated rings. The molecule has 0 bridgehead atoms. The second kappa shape index (κ2) is 14.2. The van der Waals surface area contributed by atoms with E-state index in [2.05, 4.69) is 180 Å². The molecule has 0 saturated heterocycles. The van der Waals surface area contributed by atoms with Crippen LogP contribution in [0.4, 0.5) is 22.7 Å². The third-order valence-electron chi connectivity index (χ3n) is 11.5. The Morgan fingerprint density at radius 1 is 0.627 bits per heavy atom. The summed E-state index contributed by atoms with van der Waals surface area (Å²) in [5.74, 6) is 1.94. The molecule has 1 aliphatic rings. The molecular formula is C52H45N4O2Pt-3. The second-order valence-corrected chi connectivity index (χ2v) is 17.6. The Hall–Kier alpha value is -5.84. The number of benzene rings is 6. The SMILES string of the molecule is Cc1cc(C(C)(C)C)cc(C)c1N1[CH-]N(c2[c-]c(Oc3[c-]c4c(cc3)c3ccccc3n4-c3cc(C(C)(C)C)ccn3)cc3oc4ccccc4c23)c2ccccc21.[Pt]. The van der Waals surface area contributed by atoms with Crippen molar-refractivity contribution in [1.29, 1.82) is 0 Å². The van der Waals surface area contributed by atoms with Crippen molar-refractivity contribution in [3.05, 3.63) is 163 Å². The number of aromatic nitrogens is 2. The van der Waals surface area contributed by atoms with Gasteiger partial charge in [-0.2, -0.15) is 6.07 Å². The van der Waals surface area contributed by atoms with E-state index in [1.54, 1.807) is 0 Å². The van der Waals surface area contributed by atoms with E-state index in [4.69, 9.17) is 14.1 Å². The molecule has 0 amide bonds. The third-order valence-corrected chi connectivity index (χ3v) is 11.5. The van der Waals surface area contributed by atoms with Crippen molar-refractivity contribution in [2.24, 2.45) is 0 Å². The van der Waals surface area contributed by atoms with E-state index in [1.165, 1.54) is 27.9 Å². The Kier molecular flexibility index (Phi) is 9.28. The topological polar surface area (TPSA) is 46.7 Å². The van der Waals surface area contributed by atoms with Crippen LogP contribution < -0.4 is 14.5 Å². The van der Waals surface area contributed by atoms with Crippen LogP contribution in [-0.4, -0.2) is 9.55 Å². The molecule has 0 N–H and O–H groups in total. The van der Waals surface area contributed by atoms with Crippen LogP contribution in [0.15, 0.2) is 126 Å². The minimum atomic E-state index is -0.0316. The van der Waals surface area contributed by atoms with Gasteiger partial charge in [-0.1, -0.05) is 125 Å². The monoisotopic (exact) mass is 952 g/mol. The molecule has 9 aromatic rings. The van der Waals surface area contributed by atoms with Gasteiger partial charge >= 0.3 is 0 Å². The van der Waals surface area contributed by atoms with Gasteiger partial charge in [0.2, 0.25) is 0 Å². The Morgan fingerprint density at radius 3 is 2.02 bits per heavy atom. The minimum absolute atomic E-state index is 0. The molecule has 59 heavy (non-hydrogen) atoms. The van der Waals surface area contributed by atoms with Gasteiger partial charge in [0, 0.05) is 66.9 Å². The Labute approximate surface area is 360 Å². The maximum absolute atomic E-state index is 6.78. The summed E-state index contributed by atoms with van der Waals surface area (Å²) in [7, 11) is 0. The summed E-state index contributed by atoms with van der Waals surface area (Å²) < 4.78 is 15.5. The molecule has 4 heterocycles. The fourth-order valence-electron chi connectivity index (χ4n) is 8.51. The van der Waals surface area contributed by atoms with Crippen LogP contribution in [0, 0.1) is 32.6 Å². The molecule has 3 aromatic heterocycles. The molecule has 6 aromatic carbocycles. The van der Waals surface area contributed by atoms with Crippen molar-refractivity contribution in [2.45, 2.75) is 66.2 Å². The predicted molar refractivity (Wildman–Crippen MR) is 238 cm³/mol. The van der Waals surface area contributed by atoms with Crippen LogP contribution in [-0.2, 0) is 31.9 Å². The number of hydrogen-bond acceptors (Lipinski definition) is 5. The van der Waals surface area contributed by atoms with Crippen LogP contribution in [0.5, 0.6) is 11.5 Å². The molecule has 6 nitrogen and oxygen atoms in total. The first-order valence-electron chi connectivity index (χ1n) is 20.0. The van der Waals surface area contributed by atoms with Crippen molar-refractivity contribution in [2.75, 3.05) is 9.80 Å². The van der Waals surface area contributed by atoms with Crippen molar-refractivity contribution < 1.29 is 30.2 Å². The maximum atomic E-state index is 6.78. The number of fused-ring (bicyclic) bond motifs is 7. The largest absolute Gasteiger partial charge is 0.509 e. The molecule has 298 valence electrons. The van der Waals surface area contributed by atoms with Crippen molar-refractivity contribution >= 4 is 66.5 Å². The van der Waals surface area contributed by atoms with Gasteiger partial charge in [0.15, 0.2) is 0 Å². The summed E-state index contributed by atoms with van der Waals surface area (Å²) in [5.41, 5.74) is 12.6. The summed E-state index contributed by atoms with van der Waals surface area (Å²) in [5, 5.41) is 4.20. The van der Waals surface area contributed by atoms with E-state index >= 15 is 0 Å². The zero-order chi connectivity index (χ0) is 40.1. The smallest absolute Gasteiger partial charge is 0.135 e. The molecule has 0 atom stereocenters. The van der Waals surface area contributed by atoms with Gasteiger partial charge in [-0.15, -0.1) is 30.3 Å². The van der Waals surface area contributed by atoms with Gasteiger partial charge in [-0.05, 0) is 94.1 Å². The summed E-state index contributed by atoms with van der Waals surface area (Å²) >= 11 is 0. The molecule has 0 radical (unpaired) electrons. The average molecular weight is 953 g/mol. The number of hydrogen-bond donors (Lipinski definition) is 0. The number of nitrogens with zero attached hydrogens (tertiary/aromatic N) is 4. The first-order valence-corrected chi connectivity index (χ1v) is 20.0. The number of anilines is 4. The van der Waals surface area contributed by atoms with E-state index < -0.39 is 0 Å². The quantitative estimate of drug-likeness (QED) is 0.161. The minimum Gasteiger partial charge on any atom is -0.509 e. The average Bonchev–Trinajstić information content (AvgIpc) is 3.86. The van der Waals surface area contributed by atoms with Crippen molar-refractivity contribution in [3.8, 4) is 17.3 Å². The van der Waals surface area contributed by atoms with Gasteiger partial charge in [-0.3, -0.25) is 0 Å². The fourth-order valence-corrected chi connectivity index (χ4v) is 8.51. The van der Waals surface area contributed by atoms with E-state index in [1.807, 2.05) is 30.5 Å². The van der Waals surface area contributed by atoms with Crippen LogP contribution >= 0.6 is 0 Å². The Balaban J connectivity index is 0.00000449. The maximum Gasteiger partial charge on any atom is 0.135 e. The zero-order valence-corrected chi connectivity index (χ0v) is 36.8.